The summed E-state index contributed by atoms with van der Waals surface area (Å²) in [5.41, 5.74) is 5.81. The molecule has 56 heavy (non-hydrogen) atoms. The minimum atomic E-state index is -0.618. The van der Waals surface area contributed by atoms with Crippen LogP contribution in [-0.4, -0.2) is 91.1 Å². The lowest BCUT2D eigenvalue weighted by Crippen LogP contribution is -2.52. The molecule has 3 saturated heterocycles. The summed E-state index contributed by atoms with van der Waals surface area (Å²) in [5, 5.41) is 12.5. The molecule has 4 aromatic carbocycles. The van der Waals surface area contributed by atoms with E-state index in [0.717, 1.165) is 86.6 Å². The molecule has 0 spiro atoms. The molecular formula is C44H45F2N5O5. The number of piperazine rings is 1. The predicted molar refractivity (Wildman–Crippen MR) is 207 cm³/mol. The predicted octanol–water partition coefficient (Wildman–Crippen LogP) is 5.78. The average molecular weight is 762 g/mol. The third kappa shape index (κ3) is 6.95. The van der Waals surface area contributed by atoms with E-state index in [9.17, 15) is 23.9 Å². The molecule has 2 N–H and O–H groups in total. The number of nitrogens with one attached hydrogen (secondary N) is 1. The first-order valence-electron chi connectivity index (χ1n) is 19.7. The van der Waals surface area contributed by atoms with Crippen molar-refractivity contribution in [3.05, 3.63) is 118 Å². The fourth-order valence-electron chi connectivity index (χ4n) is 9.45. The maximum Gasteiger partial charge on any atom is 0.255 e. The molecule has 0 bridgehead atoms. The molecule has 4 aromatic rings. The second-order valence-corrected chi connectivity index (χ2v) is 15.8. The summed E-state index contributed by atoms with van der Waals surface area (Å²) in [5.74, 6) is -0.616. The molecule has 9 rings (SSSR count). The topological polar surface area (TPSA) is 106 Å². The van der Waals surface area contributed by atoms with Gasteiger partial charge < -0.3 is 24.5 Å². The van der Waals surface area contributed by atoms with Gasteiger partial charge in [-0.2, -0.15) is 0 Å². The number of amides is 3. The molecule has 0 aliphatic carbocycles. The zero-order chi connectivity index (χ0) is 38.5. The Balaban J connectivity index is 0.798. The van der Waals surface area contributed by atoms with E-state index in [4.69, 9.17) is 4.74 Å². The third-order valence-electron chi connectivity index (χ3n) is 12.5. The number of benzene rings is 4. The molecule has 3 atom stereocenters. The number of ether oxygens (including phenoxy) is 1. The highest BCUT2D eigenvalue weighted by Gasteiger charge is 2.40. The number of piperidine rings is 2. The molecule has 0 aromatic heterocycles. The number of anilines is 2. The van der Waals surface area contributed by atoms with Crippen LogP contribution in [0.5, 0.6) is 11.5 Å². The lowest BCUT2D eigenvalue weighted by atomic mass is 9.75. The fourth-order valence-corrected chi connectivity index (χ4v) is 9.45. The normalized spacial score (nSPS) is 23.1. The van der Waals surface area contributed by atoms with E-state index in [-0.39, 0.29) is 47.5 Å². The van der Waals surface area contributed by atoms with Gasteiger partial charge in [0.05, 0.1) is 12.3 Å². The summed E-state index contributed by atoms with van der Waals surface area (Å²) in [7, 11) is 0. The smallest absolute Gasteiger partial charge is 0.255 e. The maximum absolute atomic E-state index is 16.1. The van der Waals surface area contributed by atoms with E-state index >= 15 is 4.39 Å². The van der Waals surface area contributed by atoms with Gasteiger partial charge in [-0.1, -0.05) is 24.3 Å². The van der Waals surface area contributed by atoms with Gasteiger partial charge in [-0.15, -0.1) is 0 Å². The number of rotatable bonds is 7. The van der Waals surface area contributed by atoms with Crippen LogP contribution in [-0.2, 0) is 16.1 Å². The Bertz CT molecular complexity index is 2170. The van der Waals surface area contributed by atoms with E-state index in [1.165, 1.54) is 12.1 Å². The molecule has 290 valence electrons. The number of phenols is 1. The minimum Gasteiger partial charge on any atom is -0.508 e. The summed E-state index contributed by atoms with van der Waals surface area (Å²) in [6.45, 7) is 6.88. The molecule has 0 saturated carbocycles. The average Bonchev–Trinajstić information content (AvgIpc) is 3.53. The van der Waals surface area contributed by atoms with Gasteiger partial charge in [0.25, 0.3) is 5.91 Å². The minimum absolute atomic E-state index is 0.104. The van der Waals surface area contributed by atoms with Crippen molar-refractivity contribution in [3.63, 3.8) is 0 Å². The molecule has 3 amide bonds. The van der Waals surface area contributed by atoms with Gasteiger partial charge in [-0.05, 0) is 90.4 Å². The van der Waals surface area contributed by atoms with Crippen LogP contribution in [0.3, 0.4) is 0 Å². The first-order chi connectivity index (χ1) is 27.2. The van der Waals surface area contributed by atoms with Crippen LogP contribution >= 0.6 is 0 Å². The second kappa shape index (κ2) is 14.9. The number of carbonyl (C=O) groups excluding carboxylic acids is 3. The van der Waals surface area contributed by atoms with Crippen LogP contribution in [0.15, 0.2) is 78.9 Å². The fraction of sp³-hybridized carbons (Fsp3) is 0.386. The third-order valence-corrected chi connectivity index (χ3v) is 12.5. The number of imide groups is 1. The first kappa shape index (κ1) is 36.2. The number of hydrogen-bond acceptors (Lipinski definition) is 8. The molecule has 12 heteroatoms. The lowest BCUT2D eigenvalue weighted by Gasteiger charge is -2.40. The van der Waals surface area contributed by atoms with Gasteiger partial charge >= 0.3 is 0 Å². The van der Waals surface area contributed by atoms with Crippen LogP contribution in [0.4, 0.5) is 20.2 Å². The number of carbonyl (C=O) groups is 3. The highest BCUT2D eigenvalue weighted by molar-refractivity contribution is 6.05. The first-order valence-corrected chi connectivity index (χ1v) is 19.7. The standard InChI is InChI=1S/C44H45F2N5O5/c45-31-4-1-28(2-5-31)36-26-56-40-23-33(52)7-9-35(40)42(36)29-3-10-38(37(46)22-29)50-15-13-27(14-16-50)24-48-17-19-49(20-18-48)32-6-8-34-30(21-32)25-51(44(34)55)39-11-12-41(53)47-43(39)54/h1-10,21-23,27,36,39,42,52H,11-20,24-26H2,(H,47,53,54)/t36?,39-,42?/m0/s1. The van der Waals surface area contributed by atoms with Gasteiger partial charge in [-0.3, -0.25) is 24.6 Å². The quantitative estimate of drug-likeness (QED) is 0.229. The van der Waals surface area contributed by atoms with Crippen molar-refractivity contribution in [2.45, 2.75) is 50.1 Å². The molecule has 5 heterocycles. The molecule has 2 unspecified atom stereocenters. The van der Waals surface area contributed by atoms with Crippen LogP contribution in [0.2, 0.25) is 0 Å². The SMILES string of the molecule is O=C1CC[C@H](N2Cc3cc(N4CCN(CC5CCN(c6ccc(C7c8ccc(O)cc8OCC7c7ccc(F)cc7)cc6F)CC5)CC4)ccc3C2=O)C(=O)N1. The summed E-state index contributed by atoms with van der Waals surface area (Å²) >= 11 is 0. The Morgan fingerprint density at radius 1 is 0.786 bits per heavy atom. The number of hydrogen-bond donors (Lipinski definition) is 2. The van der Waals surface area contributed by atoms with Gasteiger partial charge in [0.1, 0.15) is 29.2 Å². The second-order valence-electron chi connectivity index (χ2n) is 15.8. The van der Waals surface area contributed by atoms with E-state index < -0.39 is 11.9 Å². The molecule has 10 nitrogen and oxygen atoms in total. The molecule has 5 aliphatic rings. The summed E-state index contributed by atoms with van der Waals surface area (Å²) in [4.78, 5) is 45.8. The van der Waals surface area contributed by atoms with Crippen LogP contribution in [0.25, 0.3) is 0 Å². The van der Waals surface area contributed by atoms with E-state index in [1.807, 2.05) is 30.3 Å². The van der Waals surface area contributed by atoms with Crippen molar-refractivity contribution in [1.29, 1.82) is 0 Å². The zero-order valence-corrected chi connectivity index (χ0v) is 31.1. The number of fused-ring (bicyclic) bond motifs is 2. The summed E-state index contributed by atoms with van der Waals surface area (Å²) in [6.07, 6.45) is 2.55. The van der Waals surface area contributed by atoms with Gasteiger partial charge in [0.2, 0.25) is 11.8 Å². The number of aromatic hydroxyl groups is 1. The van der Waals surface area contributed by atoms with Crippen LogP contribution < -0.4 is 19.9 Å². The monoisotopic (exact) mass is 761 g/mol. The molecule has 5 aliphatic heterocycles. The Kier molecular flexibility index (Phi) is 9.60. The van der Waals surface area contributed by atoms with E-state index in [0.29, 0.717) is 42.5 Å². The highest BCUT2D eigenvalue weighted by Crippen LogP contribution is 2.47. The molecule has 0 radical (unpaired) electrons. The van der Waals surface area contributed by atoms with Crippen molar-refractivity contribution in [2.24, 2.45) is 5.92 Å². The van der Waals surface area contributed by atoms with Crippen LogP contribution in [0, 0.1) is 17.6 Å². The Hall–Kier alpha value is -5.49. The van der Waals surface area contributed by atoms with Crippen molar-refractivity contribution < 1.29 is 33.0 Å². The zero-order valence-electron chi connectivity index (χ0n) is 31.1. The Morgan fingerprint density at radius 2 is 1.55 bits per heavy atom. The van der Waals surface area contributed by atoms with Crippen molar-refractivity contribution >= 4 is 29.1 Å². The Morgan fingerprint density at radius 3 is 2.30 bits per heavy atom. The van der Waals surface area contributed by atoms with Crippen LogP contribution in [0.1, 0.15) is 70.1 Å². The van der Waals surface area contributed by atoms with E-state index in [1.54, 1.807) is 35.2 Å². The number of phenolic OH excluding ortho intramolecular Hbond substituents is 1. The highest BCUT2D eigenvalue weighted by atomic mass is 19.1. The summed E-state index contributed by atoms with van der Waals surface area (Å²) < 4.78 is 35.9. The lowest BCUT2D eigenvalue weighted by molar-refractivity contribution is -0.136. The van der Waals surface area contributed by atoms with Gasteiger partial charge in [0.15, 0.2) is 0 Å². The van der Waals surface area contributed by atoms with Crippen molar-refractivity contribution in [3.8, 4) is 11.5 Å². The number of nitrogens with zero attached hydrogens (tertiary/aromatic N) is 4. The summed E-state index contributed by atoms with van der Waals surface area (Å²) in [6, 6.07) is 22.3. The molecule has 3 fully saturated rings. The Labute approximate surface area is 324 Å². The largest absolute Gasteiger partial charge is 0.508 e. The molecular weight excluding hydrogens is 717 g/mol. The van der Waals surface area contributed by atoms with Crippen molar-refractivity contribution in [2.75, 3.05) is 62.2 Å². The maximum atomic E-state index is 16.1. The van der Waals surface area contributed by atoms with Gasteiger partial charge in [-0.25, -0.2) is 8.78 Å². The van der Waals surface area contributed by atoms with E-state index in [2.05, 4.69) is 26.1 Å². The van der Waals surface area contributed by atoms with Gasteiger partial charge in [0, 0.05) is 93.5 Å². The number of halogens is 2. The van der Waals surface area contributed by atoms with Crippen molar-refractivity contribution in [1.82, 2.24) is 15.1 Å².